The molecule has 1 aliphatic heterocycles. The molecule has 0 aliphatic carbocycles. The van der Waals surface area contributed by atoms with Crippen LogP contribution in [-0.4, -0.2) is 47.8 Å². The fraction of sp³-hybridized carbons (Fsp3) is 0.348. The van der Waals surface area contributed by atoms with Crippen molar-refractivity contribution in [1.82, 2.24) is 9.47 Å². The van der Waals surface area contributed by atoms with Gasteiger partial charge in [0, 0.05) is 30.8 Å². The van der Waals surface area contributed by atoms with Crippen molar-refractivity contribution < 1.29 is 14.3 Å². The Morgan fingerprint density at radius 3 is 2.79 bits per heavy atom. The molecule has 1 unspecified atom stereocenters. The molecule has 2 heterocycles. The third-order valence-corrected chi connectivity index (χ3v) is 5.21. The van der Waals surface area contributed by atoms with Gasteiger partial charge in [-0.25, -0.2) is 0 Å². The minimum Gasteiger partial charge on any atom is -0.462 e. The van der Waals surface area contributed by atoms with E-state index in [0.717, 1.165) is 36.2 Å². The van der Waals surface area contributed by atoms with Crippen molar-refractivity contribution in [2.45, 2.75) is 26.1 Å². The summed E-state index contributed by atoms with van der Waals surface area (Å²) >= 11 is 0. The molecule has 146 valence electrons. The zero-order valence-corrected chi connectivity index (χ0v) is 16.2. The summed E-state index contributed by atoms with van der Waals surface area (Å²) in [5.41, 5.74) is 3.40. The third kappa shape index (κ3) is 4.43. The van der Waals surface area contributed by atoms with Gasteiger partial charge < -0.3 is 14.0 Å². The second-order valence-electron chi connectivity index (χ2n) is 7.33. The first-order chi connectivity index (χ1) is 13.7. The first-order valence-corrected chi connectivity index (χ1v) is 9.77. The van der Waals surface area contributed by atoms with Crippen molar-refractivity contribution in [3.05, 3.63) is 71.9 Å². The van der Waals surface area contributed by atoms with Gasteiger partial charge in [0.15, 0.2) is 0 Å². The second-order valence-corrected chi connectivity index (χ2v) is 7.33. The maximum absolute atomic E-state index is 12.4. The SMILES string of the molecule is Cc1cc2ccccc2n1CC(=O)OCC1CN(Cc2ccccc2)CCO1. The number of benzene rings is 2. The van der Waals surface area contributed by atoms with Gasteiger partial charge in [-0.3, -0.25) is 9.69 Å². The highest BCUT2D eigenvalue weighted by Gasteiger charge is 2.22. The van der Waals surface area contributed by atoms with E-state index in [9.17, 15) is 4.79 Å². The van der Waals surface area contributed by atoms with Crippen molar-refractivity contribution in [1.29, 1.82) is 0 Å². The van der Waals surface area contributed by atoms with E-state index < -0.39 is 0 Å². The molecule has 0 amide bonds. The highest BCUT2D eigenvalue weighted by molar-refractivity contribution is 5.83. The highest BCUT2D eigenvalue weighted by Crippen LogP contribution is 2.19. The quantitative estimate of drug-likeness (QED) is 0.617. The van der Waals surface area contributed by atoms with E-state index in [1.54, 1.807) is 0 Å². The van der Waals surface area contributed by atoms with Crippen molar-refractivity contribution >= 4 is 16.9 Å². The molecule has 5 nitrogen and oxygen atoms in total. The molecule has 0 radical (unpaired) electrons. The molecule has 2 aromatic carbocycles. The summed E-state index contributed by atoms with van der Waals surface area (Å²) in [6.45, 7) is 5.75. The molecule has 1 aromatic heterocycles. The summed E-state index contributed by atoms with van der Waals surface area (Å²) in [5, 5.41) is 1.14. The Morgan fingerprint density at radius 1 is 1.14 bits per heavy atom. The van der Waals surface area contributed by atoms with Gasteiger partial charge in [-0.2, -0.15) is 0 Å². The number of carbonyl (C=O) groups is 1. The van der Waals surface area contributed by atoms with Gasteiger partial charge in [0.2, 0.25) is 0 Å². The summed E-state index contributed by atoms with van der Waals surface area (Å²) in [6, 6.07) is 20.6. The Kier molecular flexibility index (Phi) is 5.74. The van der Waals surface area contributed by atoms with Crippen LogP contribution in [0.4, 0.5) is 0 Å². The third-order valence-electron chi connectivity index (χ3n) is 5.21. The smallest absolute Gasteiger partial charge is 0.326 e. The standard InChI is InChI=1S/C23H26N2O3/c1-18-13-20-9-5-6-10-22(20)25(18)16-23(26)28-17-21-15-24(11-12-27-21)14-19-7-3-2-4-8-19/h2-10,13,21H,11-12,14-17H2,1H3. The average molecular weight is 378 g/mol. The number of fused-ring (bicyclic) bond motifs is 1. The van der Waals surface area contributed by atoms with Gasteiger partial charge in [0.1, 0.15) is 19.3 Å². The first-order valence-electron chi connectivity index (χ1n) is 9.77. The van der Waals surface area contributed by atoms with Crippen LogP contribution in [0.2, 0.25) is 0 Å². The van der Waals surface area contributed by atoms with Crippen molar-refractivity contribution in [2.24, 2.45) is 0 Å². The monoisotopic (exact) mass is 378 g/mol. The zero-order valence-electron chi connectivity index (χ0n) is 16.2. The normalized spacial score (nSPS) is 17.7. The van der Waals surface area contributed by atoms with Crippen LogP contribution >= 0.6 is 0 Å². The maximum Gasteiger partial charge on any atom is 0.326 e. The number of aryl methyl sites for hydroxylation is 1. The summed E-state index contributed by atoms with van der Waals surface area (Å²) in [6.07, 6.45) is -0.0797. The fourth-order valence-corrected chi connectivity index (χ4v) is 3.79. The Hall–Kier alpha value is -2.63. The van der Waals surface area contributed by atoms with Gasteiger partial charge in [-0.1, -0.05) is 48.5 Å². The summed E-state index contributed by atoms with van der Waals surface area (Å²) in [4.78, 5) is 14.8. The Bertz CT molecular complexity index is 935. The number of rotatable bonds is 6. The predicted molar refractivity (Wildman–Crippen MR) is 109 cm³/mol. The van der Waals surface area contributed by atoms with Gasteiger partial charge in [0.25, 0.3) is 0 Å². The summed E-state index contributed by atoms with van der Waals surface area (Å²) < 4.78 is 13.3. The van der Waals surface area contributed by atoms with E-state index in [1.807, 2.05) is 35.8 Å². The van der Waals surface area contributed by atoms with Crippen LogP contribution < -0.4 is 0 Å². The number of ether oxygens (including phenoxy) is 2. The number of esters is 1. The lowest BCUT2D eigenvalue weighted by atomic mass is 10.2. The molecule has 0 N–H and O–H groups in total. The largest absolute Gasteiger partial charge is 0.462 e. The predicted octanol–water partition coefficient (Wildman–Crippen LogP) is 3.39. The van der Waals surface area contributed by atoms with Crippen LogP contribution in [0.25, 0.3) is 10.9 Å². The van der Waals surface area contributed by atoms with Gasteiger partial charge in [-0.15, -0.1) is 0 Å². The number of carbonyl (C=O) groups excluding carboxylic acids is 1. The minimum absolute atomic E-state index is 0.0797. The lowest BCUT2D eigenvalue weighted by molar-refractivity contribution is -0.151. The number of nitrogens with zero attached hydrogens (tertiary/aromatic N) is 2. The van der Waals surface area contributed by atoms with Crippen molar-refractivity contribution in [2.75, 3.05) is 26.3 Å². The van der Waals surface area contributed by atoms with Crippen LogP contribution in [0.15, 0.2) is 60.7 Å². The van der Waals surface area contributed by atoms with Crippen molar-refractivity contribution in [3.8, 4) is 0 Å². The number of hydrogen-bond donors (Lipinski definition) is 0. The molecule has 0 bridgehead atoms. The lowest BCUT2D eigenvalue weighted by Crippen LogP contribution is -2.44. The highest BCUT2D eigenvalue weighted by atomic mass is 16.6. The summed E-state index contributed by atoms with van der Waals surface area (Å²) in [5.74, 6) is -0.228. The molecule has 0 spiro atoms. The van der Waals surface area contributed by atoms with Crippen LogP contribution in [0, 0.1) is 6.92 Å². The van der Waals surface area contributed by atoms with Crippen LogP contribution in [0.3, 0.4) is 0 Å². The lowest BCUT2D eigenvalue weighted by Gasteiger charge is -2.32. The molecule has 1 aliphatic rings. The molecule has 1 saturated heterocycles. The van der Waals surface area contributed by atoms with Crippen molar-refractivity contribution in [3.63, 3.8) is 0 Å². The Morgan fingerprint density at radius 2 is 1.93 bits per heavy atom. The minimum atomic E-state index is -0.228. The maximum atomic E-state index is 12.4. The number of hydrogen-bond acceptors (Lipinski definition) is 4. The Balaban J connectivity index is 1.30. The number of morpholine rings is 1. The van der Waals surface area contributed by atoms with Crippen LogP contribution in [0.5, 0.6) is 0 Å². The number of aromatic nitrogens is 1. The van der Waals surface area contributed by atoms with E-state index in [1.165, 1.54) is 5.56 Å². The van der Waals surface area contributed by atoms with E-state index >= 15 is 0 Å². The molecule has 3 aromatic rings. The number of para-hydroxylation sites is 1. The van der Waals surface area contributed by atoms with E-state index in [2.05, 4.69) is 41.3 Å². The topological polar surface area (TPSA) is 43.7 Å². The van der Waals surface area contributed by atoms with Crippen LogP contribution in [-0.2, 0) is 27.4 Å². The Labute approximate surface area is 165 Å². The van der Waals surface area contributed by atoms with Gasteiger partial charge in [-0.05, 0) is 30.0 Å². The zero-order chi connectivity index (χ0) is 19.3. The van der Waals surface area contributed by atoms with E-state index in [4.69, 9.17) is 9.47 Å². The molecule has 0 saturated carbocycles. The van der Waals surface area contributed by atoms with Crippen LogP contribution in [0.1, 0.15) is 11.3 Å². The molecule has 4 rings (SSSR count). The first kappa shape index (κ1) is 18.7. The van der Waals surface area contributed by atoms with E-state index in [-0.39, 0.29) is 18.6 Å². The molecule has 5 heteroatoms. The second kappa shape index (κ2) is 8.59. The molecule has 1 atom stereocenters. The molecule has 1 fully saturated rings. The molecular formula is C23H26N2O3. The summed E-state index contributed by atoms with van der Waals surface area (Å²) in [7, 11) is 0. The van der Waals surface area contributed by atoms with E-state index in [0.29, 0.717) is 13.2 Å². The molecule has 28 heavy (non-hydrogen) atoms. The average Bonchev–Trinajstić information content (AvgIpc) is 3.03. The fourth-order valence-electron chi connectivity index (χ4n) is 3.79. The van der Waals surface area contributed by atoms with Gasteiger partial charge in [0.05, 0.1) is 6.61 Å². The van der Waals surface area contributed by atoms with Gasteiger partial charge >= 0.3 is 5.97 Å². The molecular weight excluding hydrogens is 352 g/mol.